The number of ketones is 1. The maximum absolute atomic E-state index is 11.1. The normalized spacial score (nSPS) is 12.8. The van der Waals surface area contributed by atoms with Gasteiger partial charge in [0.2, 0.25) is 5.91 Å². The Morgan fingerprint density at radius 3 is 2.10 bits per heavy atom. The molecular formula is C23H40N2O4. The fraction of sp³-hybridized carbons (Fsp3) is 0.652. The Morgan fingerprint density at radius 2 is 1.66 bits per heavy atom. The number of likely N-dealkylation sites (tertiary alicyclic amines) is 1. The molecule has 0 saturated carbocycles. The predicted octanol–water partition coefficient (Wildman–Crippen LogP) is 4.16. The molecule has 1 aromatic rings. The van der Waals surface area contributed by atoms with E-state index < -0.39 is 0 Å². The van der Waals surface area contributed by atoms with Gasteiger partial charge in [-0.3, -0.25) is 4.79 Å². The summed E-state index contributed by atoms with van der Waals surface area (Å²) in [5, 5.41) is 11.6. The number of nitrogens with one attached hydrogen (secondary N) is 1. The monoisotopic (exact) mass is 408 g/mol. The zero-order valence-corrected chi connectivity index (χ0v) is 18.7. The topological polar surface area (TPSA) is 78.9 Å². The van der Waals surface area contributed by atoms with E-state index in [0.29, 0.717) is 12.8 Å². The van der Waals surface area contributed by atoms with Crippen LogP contribution in [0.5, 0.6) is 11.5 Å². The van der Waals surface area contributed by atoms with Gasteiger partial charge in [0.15, 0.2) is 0 Å². The number of Topliss-reactive ketones (excluding diaryl/α,β-unsaturated/α-hetero) is 1. The van der Waals surface area contributed by atoms with Gasteiger partial charge in [-0.1, -0.05) is 13.3 Å². The van der Waals surface area contributed by atoms with Crippen LogP contribution in [0.1, 0.15) is 65.2 Å². The van der Waals surface area contributed by atoms with Crippen molar-refractivity contribution in [1.29, 1.82) is 0 Å². The van der Waals surface area contributed by atoms with Gasteiger partial charge in [-0.25, -0.2) is 0 Å². The summed E-state index contributed by atoms with van der Waals surface area (Å²) in [4.78, 5) is 24.1. The summed E-state index contributed by atoms with van der Waals surface area (Å²) >= 11 is 0. The van der Waals surface area contributed by atoms with Gasteiger partial charge in [-0.2, -0.15) is 0 Å². The molecule has 0 atom stereocenters. The molecule has 0 aromatic heterocycles. The van der Waals surface area contributed by atoms with Crippen molar-refractivity contribution in [2.45, 2.75) is 65.2 Å². The second kappa shape index (κ2) is 18.0. The van der Waals surface area contributed by atoms with Crippen LogP contribution >= 0.6 is 0 Å². The molecule has 0 bridgehead atoms. The van der Waals surface area contributed by atoms with E-state index >= 15 is 0 Å². The molecule has 0 unspecified atom stereocenters. The van der Waals surface area contributed by atoms with E-state index in [9.17, 15) is 9.59 Å². The fourth-order valence-electron chi connectivity index (χ4n) is 2.65. The molecule has 1 aromatic carbocycles. The standard InChI is InChI=1S/C11H21NO2.C7H8O2.C5H11N/c1-3-9-12-11(14)8-6-4-5-7-10(2)13;1-9-7-4-2-6(8)3-5-7;1-6-4-2-3-5-6/h3-9H2,1-2H3,(H,12,14);2-5,8H,1H3;2-5H2,1H3. The Labute approximate surface area is 176 Å². The molecule has 166 valence electrons. The third-order valence-corrected chi connectivity index (χ3v) is 4.41. The molecule has 1 amide bonds. The molecule has 0 radical (unpaired) electrons. The third-order valence-electron chi connectivity index (χ3n) is 4.41. The first-order chi connectivity index (χ1) is 13.9. The molecule has 0 spiro atoms. The first-order valence-corrected chi connectivity index (χ1v) is 10.7. The summed E-state index contributed by atoms with van der Waals surface area (Å²) in [6.07, 6.45) is 7.83. The van der Waals surface area contributed by atoms with Crippen LogP contribution in [-0.2, 0) is 9.59 Å². The minimum absolute atomic E-state index is 0.134. The molecule has 0 aliphatic carbocycles. The second-order valence-electron chi connectivity index (χ2n) is 7.32. The van der Waals surface area contributed by atoms with Gasteiger partial charge in [0, 0.05) is 19.4 Å². The Balaban J connectivity index is 0.000000442. The van der Waals surface area contributed by atoms with Crippen molar-refractivity contribution in [3.63, 3.8) is 0 Å². The molecule has 1 fully saturated rings. The zero-order valence-electron chi connectivity index (χ0n) is 18.7. The summed E-state index contributed by atoms with van der Waals surface area (Å²) in [7, 11) is 3.76. The van der Waals surface area contributed by atoms with Crippen LogP contribution < -0.4 is 10.1 Å². The maximum Gasteiger partial charge on any atom is 0.219 e. The van der Waals surface area contributed by atoms with E-state index in [0.717, 1.165) is 38.0 Å². The van der Waals surface area contributed by atoms with Crippen molar-refractivity contribution >= 4 is 11.7 Å². The summed E-state index contributed by atoms with van der Waals surface area (Å²) in [6, 6.07) is 6.57. The Kier molecular flexibility index (Phi) is 16.7. The lowest BCUT2D eigenvalue weighted by Gasteiger charge is -2.02. The Bertz CT molecular complexity index is 540. The van der Waals surface area contributed by atoms with Crippen LogP contribution in [0.4, 0.5) is 0 Å². The number of nitrogens with zero attached hydrogens (tertiary/aromatic N) is 1. The van der Waals surface area contributed by atoms with Crippen LogP contribution in [0.25, 0.3) is 0 Å². The van der Waals surface area contributed by atoms with Crippen molar-refractivity contribution in [1.82, 2.24) is 10.2 Å². The van der Waals surface area contributed by atoms with Gasteiger partial charge in [0.05, 0.1) is 7.11 Å². The number of rotatable bonds is 9. The lowest BCUT2D eigenvalue weighted by molar-refractivity contribution is -0.121. The van der Waals surface area contributed by atoms with Crippen LogP contribution in [0, 0.1) is 0 Å². The highest BCUT2D eigenvalue weighted by Crippen LogP contribution is 2.14. The number of carbonyl (C=O) groups is 2. The van der Waals surface area contributed by atoms with E-state index in [1.54, 1.807) is 38.3 Å². The molecule has 6 nitrogen and oxygen atoms in total. The molecule has 6 heteroatoms. The van der Waals surface area contributed by atoms with Crippen LogP contribution in [0.15, 0.2) is 24.3 Å². The molecule has 2 rings (SSSR count). The first-order valence-electron chi connectivity index (χ1n) is 10.7. The van der Waals surface area contributed by atoms with Gasteiger partial charge in [0.25, 0.3) is 0 Å². The largest absolute Gasteiger partial charge is 0.508 e. The highest BCUT2D eigenvalue weighted by molar-refractivity contribution is 5.76. The number of unbranched alkanes of at least 4 members (excludes halogenated alkanes) is 2. The number of phenolic OH excluding ortho intramolecular Hbond substituents is 1. The summed E-state index contributed by atoms with van der Waals surface area (Å²) in [5.74, 6) is 1.39. The molecule has 2 N–H and O–H groups in total. The van der Waals surface area contributed by atoms with Gasteiger partial charge in [0.1, 0.15) is 17.3 Å². The number of methoxy groups -OCH3 is 1. The number of phenols is 1. The number of hydrogen-bond donors (Lipinski definition) is 2. The molecular weight excluding hydrogens is 368 g/mol. The average molecular weight is 409 g/mol. The zero-order chi connectivity index (χ0) is 21.9. The lowest BCUT2D eigenvalue weighted by atomic mass is 10.1. The SMILES string of the molecule is CCCNC(=O)CCCCCC(C)=O.CN1CCCC1.COc1ccc(O)cc1. The van der Waals surface area contributed by atoms with Crippen molar-refractivity contribution in [3.05, 3.63) is 24.3 Å². The third kappa shape index (κ3) is 17.7. The van der Waals surface area contributed by atoms with Crippen molar-refractivity contribution in [3.8, 4) is 11.5 Å². The Hall–Kier alpha value is -2.08. The van der Waals surface area contributed by atoms with Gasteiger partial charge < -0.3 is 24.9 Å². The van der Waals surface area contributed by atoms with Crippen molar-refractivity contribution in [2.75, 3.05) is 33.8 Å². The summed E-state index contributed by atoms with van der Waals surface area (Å²) in [5.41, 5.74) is 0. The number of amides is 1. The number of ether oxygens (including phenoxy) is 1. The minimum atomic E-state index is 0.134. The molecule has 29 heavy (non-hydrogen) atoms. The predicted molar refractivity (Wildman–Crippen MR) is 118 cm³/mol. The van der Waals surface area contributed by atoms with Crippen molar-refractivity contribution in [2.24, 2.45) is 0 Å². The average Bonchev–Trinajstić information content (AvgIpc) is 3.18. The van der Waals surface area contributed by atoms with E-state index in [4.69, 9.17) is 9.84 Å². The van der Waals surface area contributed by atoms with E-state index in [1.807, 2.05) is 6.92 Å². The second-order valence-corrected chi connectivity index (χ2v) is 7.32. The van der Waals surface area contributed by atoms with E-state index in [-0.39, 0.29) is 17.4 Å². The maximum atomic E-state index is 11.1. The highest BCUT2D eigenvalue weighted by Gasteiger charge is 2.03. The number of benzene rings is 1. The van der Waals surface area contributed by atoms with Gasteiger partial charge in [-0.15, -0.1) is 0 Å². The summed E-state index contributed by atoms with van der Waals surface area (Å²) < 4.78 is 4.86. The van der Waals surface area contributed by atoms with E-state index in [1.165, 1.54) is 25.9 Å². The van der Waals surface area contributed by atoms with Crippen molar-refractivity contribution < 1.29 is 19.4 Å². The van der Waals surface area contributed by atoms with Crippen LogP contribution in [0.3, 0.4) is 0 Å². The highest BCUT2D eigenvalue weighted by atomic mass is 16.5. The molecule has 1 saturated heterocycles. The molecule has 1 heterocycles. The minimum Gasteiger partial charge on any atom is -0.508 e. The number of carbonyl (C=O) groups excluding carboxylic acids is 2. The lowest BCUT2D eigenvalue weighted by Crippen LogP contribution is -2.23. The van der Waals surface area contributed by atoms with Gasteiger partial charge >= 0.3 is 0 Å². The van der Waals surface area contributed by atoms with Crippen LogP contribution in [-0.4, -0.2) is 55.5 Å². The molecule has 1 aliphatic heterocycles. The molecule has 1 aliphatic rings. The van der Waals surface area contributed by atoms with Crippen LogP contribution in [0.2, 0.25) is 0 Å². The van der Waals surface area contributed by atoms with E-state index in [2.05, 4.69) is 17.3 Å². The summed E-state index contributed by atoms with van der Waals surface area (Å²) in [6.45, 7) is 7.05. The smallest absolute Gasteiger partial charge is 0.219 e. The quantitative estimate of drug-likeness (QED) is 0.600. The number of aromatic hydroxyl groups is 1. The first kappa shape index (κ1) is 26.9. The number of hydrogen-bond acceptors (Lipinski definition) is 5. The van der Waals surface area contributed by atoms with Gasteiger partial charge in [-0.05, 0) is 83.4 Å². The Morgan fingerprint density at radius 1 is 1.07 bits per heavy atom. The fourth-order valence-corrected chi connectivity index (χ4v) is 2.65.